The van der Waals surface area contributed by atoms with E-state index < -0.39 is 6.09 Å². The van der Waals surface area contributed by atoms with E-state index >= 15 is 0 Å². The fourth-order valence-corrected chi connectivity index (χ4v) is 5.70. The van der Waals surface area contributed by atoms with Crippen molar-refractivity contribution in [2.75, 3.05) is 18.5 Å². The second-order valence-electron chi connectivity index (χ2n) is 9.38. The smallest absolute Gasteiger partial charge is 0.411 e. The van der Waals surface area contributed by atoms with Gasteiger partial charge in [-0.1, -0.05) is 12.1 Å². The monoisotopic (exact) mass is 574 g/mol. The maximum Gasteiger partial charge on any atom is 0.411 e. The van der Waals surface area contributed by atoms with Gasteiger partial charge in [0.1, 0.15) is 11.9 Å². The first-order valence-corrected chi connectivity index (χ1v) is 13.2. The molecule has 0 radical (unpaired) electrons. The van der Waals surface area contributed by atoms with Gasteiger partial charge in [-0.3, -0.25) is 5.32 Å². The number of hydrogen-bond donors (Lipinski definition) is 1. The third kappa shape index (κ3) is 4.91. The Labute approximate surface area is 214 Å². The fourth-order valence-electron chi connectivity index (χ4n) is 4.67. The molecule has 2 fully saturated rings. The Bertz CT molecular complexity index is 1160. The molecule has 2 heterocycles. The van der Waals surface area contributed by atoms with Crippen LogP contribution in [0.4, 0.5) is 10.5 Å². The van der Waals surface area contributed by atoms with Gasteiger partial charge in [0.15, 0.2) is 0 Å². The molecular weight excluding hydrogens is 543 g/mol. The third-order valence-corrected chi connectivity index (χ3v) is 7.66. The molecule has 2 aliphatic rings. The van der Waals surface area contributed by atoms with Gasteiger partial charge in [-0.05, 0) is 85.5 Å². The highest BCUT2D eigenvalue weighted by Gasteiger charge is 2.27. The van der Waals surface area contributed by atoms with Crippen LogP contribution in [0.1, 0.15) is 52.0 Å². The number of rotatable bonds is 6. The van der Waals surface area contributed by atoms with Crippen molar-refractivity contribution in [2.45, 2.75) is 64.2 Å². The molecule has 2 aromatic carbocycles. The third-order valence-electron chi connectivity index (χ3n) is 6.57. The molecule has 180 valence electrons. The van der Waals surface area contributed by atoms with Crippen LogP contribution in [-0.2, 0) is 9.47 Å². The van der Waals surface area contributed by atoms with Crippen LogP contribution < -0.4 is 10.1 Å². The van der Waals surface area contributed by atoms with Gasteiger partial charge < -0.3 is 18.8 Å². The summed E-state index contributed by atoms with van der Waals surface area (Å²) in [5, 5.41) is 4.06. The summed E-state index contributed by atoms with van der Waals surface area (Å²) in [5.74, 6) is 0.934. The summed E-state index contributed by atoms with van der Waals surface area (Å²) in [5.41, 5.74) is 4.33. The molecule has 1 amide bonds. The van der Waals surface area contributed by atoms with E-state index in [-0.39, 0.29) is 12.2 Å². The molecular formula is C27H31IN2O4. The van der Waals surface area contributed by atoms with E-state index in [0.717, 1.165) is 43.1 Å². The molecule has 6 nitrogen and oxygen atoms in total. The zero-order valence-electron chi connectivity index (χ0n) is 19.7. The van der Waals surface area contributed by atoms with Crippen LogP contribution in [0.2, 0.25) is 0 Å². The Morgan fingerprint density at radius 2 is 1.82 bits per heavy atom. The van der Waals surface area contributed by atoms with Crippen molar-refractivity contribution in [2.24, 2.45) is 0 Å². The fraction of sp³-hybridized carbons (Fsp3) is 0.444. The van der Waals surface area contributed by atoms with E-state index in [2.05, 4.69) is 62.8 Å². The van der Waals surface area contributed by atoms with Crippen LogP contribution in [0.25, 0.3) is 22.2 Å². The van der Waals surface area contributed by atoms with Gasteiger partial charge in [-0.2, -0.15) is 0 Å². The quantitative estimate of drug-likeness (QED) is 0.318. The van der Waals surface area contributed by atoms with E-state index in [4.69, 9.17) is 14.2 Å². The summed E-state index contributed by atoms with van der Waals surface area (Å²) >= 11 is 2.48. The van der Waals surface area contributed by atoms with Crippen molar-refractivity contribution < 1.29 is 19.0 Å². The zero-order valence-corrected chi connectivity index (χ0v) is 21.8. The van der Waals surface area contributed by atoms with Gasteiger partial charge in [0, 0.05) is 39.6 Å². The first-order valence-electron chi connectivity index (χ1n) is 12.2. The number of hydrogen-bond acceptors (Lipinski definition) is 4. The van der Waals surface area contributed by atoms with Gasteiger partial charge in [0.05, 0.1) is 30.5 Å². The summed E-state index contributed by atoms with van der Waals surface area (Å²) < 4.78 is 20.8. The average molecular weight is 574 g/mol. The van der Waals surface area contributed by atoms with Crippen molar-refractivity contribution in [3.8, 4) is 17.0 Å². The van der Waals surface area contributed by atoms with Crippen LogP contribution in [0.3, 0.4) is 0 Å². The lowest BCUT2D eigenvalue weighted by molar-refractivity contribution is 0.0256. The summed E-state index contributed by atoms with van der Waals surface area (Å²) in [4.78, 5) is 12.0. The molecule has 0 atom stereocenters. The van der Waals surface area contributed by atoms with Gasteiger partial charge >= 0.3 is 6.09 Å². The summed E-state index contributed by atoms with van der Waals surface area (Å²) in [6.07, 6.45) is 5.17. The zero-order chi connectivity index (χ0) is 23.7. The maximum absolute atomic E-state index is 12.0. The van der Waals surface area contributed by atoms with E-state index in [9.17, 15) is 4.79 Å². The topological polar surface area (TPSA) is 61.7 Å². The first-order chi connectivity index (χ1) is 16.5. The summed E-state index contributed by atoms with van der Waals surface area (Å²) in [6.45, 7) is 5.22. The number of carbonyl (C=O) groups excluding carboxylic acids is 1. The van der Waals surface area contributed by atoms with Crippen LogP contribution in [-0.4, -0.2) is 36.1 Å². The Hall–Kier alpha value is -2.26. The molecule has 1 aromatic heterocycles. The Morgan fingerprint density at radius 3 is 2.47 bits per heavy atom. The molecule has 1 saturated carbocycles. The molecule has 34 heavy (non-hydrogen) atoms. The van der Waals surface area contributed by atoms with Crippen molar-refractivity contribution in [3.05, 3.63) is 46.0 Å². The van der Waals surface area contributed by atoms with E-state index in [1.54, 1.807) is 0 Å². The molecule has 7 heteroatoms. The standard InChI is InChI=1S/C27H31IN2O4/c1-17(2)33-27(31)29-19-8-6-18(7-9-19)26-25(28)23-11-10-22(34-21-12-14-32-15-13-21)16-24(23)30(26)20-4-3-5-20/h6-11,16-17,20-21H,3-5,12-15H2,1-2H3,(H,29,31). The second-order valence-corrected chi connectivity index (χ2v) is 10.5. The van der Waals surface area contributed by atoms with Crippen LogP contribution in [0.15, 0.2) is 42.5 Å². The van der Waals surface area contributed by atoms with Crippen molar-refractivity contribution >= 4 is 45.3 Å². The van der Waals surface area contributed by atoms with Crippen molar-refractivity contribution in [3.63, 3.8) is 0 Å². The Kier molecular flexibility index (Phi) is 7.01. The highest BCUT2D eigenvalue weighted by molar-refractivity contribution is 14.1. The molecule has 0 bridgehead atoms. The number of amides is 1. The van der Waals surface area contributed by atoms with Crippen molar-refractivity contribution in [1.29, 1.82) is 0 Å². The molecule has 3 aromatic rings. The number of aromatic nitrogens is 1. The molecule has 0 spiro atoms. The van der Waals surface area contributed by atoms with Gasteiger partial charge in [0.25, 0.3) is 0 Å². The van der Waals surface area contributed by atoms with Crippen LogP contribution in [0.5, 0.6) is 5.75 Å². The summed E-state index contributed by atoms with van der Waals surface area (Å²) in [6, 6.07) is 15.0. The molecule has 5 rings (SSSR count). The number of nitrogens with one attached hydrogen (secondary N) is 1. The maximum atomic E-state index is 12.0. The van der Waals surface area contributed by atoms with Crippen LogP contribution >= 0.6 is 22.6 Å². The van der Waals surface area contributed by atoms with Crippen molar-refractivity contribution in [1.82, 2.24) is 4.57 Å². The minimum Gasteiger partial charge on any atom is -0.490 e. The number of ether oxygens (including phenoxy) is 3. The number of halogens is 1. The average Bonchev–Trinajstić information content (AvgIpc) is 3.05. The Balaban J connectivity index is 1.47. The predicted octanol–water partition coefficient (Wildman–Crippen LogP) is 7.15. The predicted molar refractivity (Wildman–Crippen MR) is 143 cm³/mol. The van der Waals surface area contributed by atoms with Gasteiger partial charge in [0.2, 0.25) is 0 Å². The lowest BCUT2D eigenvalue weighted by atomic mass is 9.92. The highest BCUT2D eigenvalue weighted by atomic mass is 127. The minimum atomic E-state index is -0.432. The van der Waals surface area contributed by atoms with Crippen LogP contribution in [0, 0.1) is 3.57 Å². The molecule has 1 N–H and O–H groups in total. The number of carbonyl (C=O) groups is 1. The van der Waals surface area contributed by atoms with Gasteiger partial charge in [-0.15, -0.1) is 0 Å². The molecule has 1 saturated heterocycles. The number of fused-ring (bicyclic) bond motifs is 1. The van der Waals surface area contributed by atoms with E-state index in [1.807, 2.05) is 26.0 Å². The first kappa shape index (κ1) is 23.5. The highest BCUT2D eigenvalue weighted by Crippen LogP contribution is 2.44. The van der Waals surface area contributed by atoms with E-state index in [1.165, 1.54) is 39.4 Å². The van der Waals surface area contributed by atoms with Gasteiger partial charge in [-0.25, -0.2) is 4.79 Å². The second kappa shape index (κ2) is 10.2. The number of benzene rings is 2. The number of nitrogens with zero attached hydrogens (tertiary/aromatic N) is 1. The molecule has 0 unspecified atom stereocenters. The lowest BCUT2D eigenvalue weighted by Crippen LogP contribution is -2.25. The SMILES string of the molecule is CC(C)OC(=O)Nc1ccc(-c2c(I)c3ccc(OC4CCOCC4)cc3n2C2CCC2)cc1. The summed E-state index contributed by atoms with van der Waals surface area (Å²) in [7, 11) is 0. The normalized spacial score (nSPS) is 17.1. The van der Waals surface area contributed by atoms with E-state index in [0.29, 0.717) is 6.04 Å². The number of anilines is 1. The molecule has 1 aliphatic heterocycles. The lowest BCUT2D eigenvalue weighted by Gasteiger charge is -2.30. The largest absolute Gasteiger partial charge is 0.490 e. The Morgan fingerprint density at radius 1 is 1.09 bits per heavy atom. The minimum absolute atomic E-state index is 0.153. The molecule has 1 aliphatic carbocycles.